The average Bonchev–Trinajstić information content (AvgIpc) is 3.01. The Kier molecular flexibility index (Phi) is 8.30. The van der Waals surface area contributed by atoms with E-state index in [4.69, 9.17) is 0 Å². The maximum absolute atomic E-state index is 12.4. The summed E-state index contributed by atoms with van der Waals surface area (Å²) >= 11 is 0. The Morgan fingerprint density at radius 1 is 1.25 bits per heavy atom. The molecule has 2 rings (SSSR count). The Bertz CT molecular complexity index is 673. The minimum atomic E-state index is -0.185. The topological polar surface area (TPSA) is 64.7 Å². The SMILES string of the molecule is CCN(CC)CCCC(C)NC(=O)NC1CC(=O)N(c2ccc(C)c(C)c2)C1. The van der Waals surface area contributed by atoms with Crippen LogP contribution >= 0.6 is 0 Å². The molecule has 1 aliphatic rings. The van der Waals surface area contributed by atoms with E-state index in [1.54, 1.807) is 4.90 Å². The average molecular weight is 389 g/mol. The first-order chi connectivity index (χ1) is 13.3. The Labute approximate surface area is 169 Å². The van der Waals surface area contributed by atoms with Crippen LogP contribution in [0.15, 0.2) is 18.2 Å². The number of urea groups is 1. The van der Waals surface area contributed by atoms with Crippen molar-refractivity contribution in [2.45, 2.75) is 66.0 Å². The minimum Gasteiger partial charge on any atom is -0.336 e. The summed E-state index contributed by atoms with van der Waals surface area (Å²) in [5, 5.41) is 5.97. The van der Waals surface area contributed by atoms with Gasteiger partial charge in [0.2, 0.25) is 5.91 Å². The number of amides is 3. The molecule has 1 heterocycles. The molecule has 0 radical (unpaired) electrons. The van der Waals surface area contributed by atoms with Gasteiger partial charge in [-0.05, 0) is 76.5 Å². The second-order valence-electron chi connectivity index (χ2n) is 7.86. The van der Waals surface area contributed by atoms with Gasteiger partial charge in [0.05, 0.1) is 6.04 Å². The number of hydrogen-bond donors (Lipinski definition) is 2. The first-order valence-corrected chi connectivity index (χ1v) is 10.5. The maximum Gasteiger partial charge on any atom is 0.315 e. The number of hydrogen-bond acceptors (Lipinski definition) is 3. The zero-order chi connectivity index (χ0) is 20.7. The Morgan fingerprint density at radius 3 is 2.61 bits per heavy atom. The molecule has 2 unspecified atom stereocenters. The summed E-state index contributed by atoms with van der Waals surface area (Å²) in [5.41, 5.74) is 3.28. The Morgan fingerprint density at radius 2 is 1.96 bits per heavy atom. The van der Waals surface area contributed by atoms with E-state index in [1.165, 1.54) is 5.56 Å². The van der Waals surface area contributed by atoms with Crippen molar-refractivity contribution in [1.29, 1.82) is 0 Å². The zero-order valence-electron chi connectivity index (χ0n) is 18.0. The number of aryl methyl sites for hydroxylation is 2. The summed E-state index contributed by atoms with van der Waals surface area (Å²) in [4.78, 5) is 28.9. The first kappa shape index (κ1) is 22.2. The van der Waals surface area contributed by atoms with Gasteiger partial charge in [-0.3, -0.25) is 4.79 Å². The molecule has 1 aliphatic heterocycles. The first-order valence-electron chi connectivity index (χ1n) is 10.5. The number of benzene rings is 1. The largest absolute Gasteiger partial charge is 0.336 e. The lowest BCUT2D eigenvalue weighted by atomic mass is 10.1. The monoisotopic (exact) mass is 388 g/mol. The highest BCUT2D eigenvalue weighted by Crippen LogP contribution is 2.24. The van der Waals surface area contributed by atoms with E-state index in [-0.39, 0.29) is 24.0 Å². The van der Waals surface area contributed by atoms with Gasteiger partial charge in [0.25, 0.3) is 0 Å². The third-order valence-corrected chi connectivity index (χ3v) is 5.65. The highest BCUT2D eigenvalue weighted by Gasteiger charge is 2.31. The molecule has 1 aromatic carbocycles. The van der Waals surface area contributed by atoms with E-state index in [1.807, 2.05) is 32.0 Å². The number of anilines is 1. The quantitative estimate of drug-likeness (QED) is 0.683. The van der Waals surface area contributed by atoms with Gasteiger partial charge in [-0.15, -0.1) is 0 Å². The molecular formula is C22H36N4O2. The number of carbonyl (C=O) groups is 2. The summed E-state index contributed by atoms with van der Waals surface area (Å²) in [6, 6.07) is 5.81. The van der Waals surface area contributed by atoms with Crippen LogP contribution in [0, 0.1) is 13.8 Å². The van der Waals surface area contributed by atoms with Crippen LogP contribution in [0.2, 0.25) is 0 Å². The van der Waals surface area contributed by atoms with Gasteiger partial charge in [-0.2, -0.15) is 0 Å². The summed E-state index contributed by atoms with van der Waals surface area (Å²) in [7, 11) is 0. The molecule has 6 nitrogen and oxygen atoms in total. The minimum absolute atomic E-state index is 0.0563. The van der Waals surface area contributed by atoms with Crippen molar-refractivity contribution in [3.8, 4) is 0 Å². The van der Waals surface area contributed by atoms with Gasteiger partial charge in [-0.1, -0.05) is 19.9 Å². The smallest absolute Gasteiger partial charge is 0.315 e. The molecule has 28 heavy (non-hydrogen) atoms. The van der Waals surface area contributed by atoms with E-state index in [9.17, 15) is 9.59 Å². The van der Waals surface area contributed by atoms with Crippen LogP contribution in [-0.2, 0) is 4.79 Å². The molecule has 6 heteroatoms. The Balaban J connectivity index is 1.78. The van der Waals surface area contributed by atoms with Crippen molar-refractivity contribution in [3.63, 3.8) is 0 Å². The number of rotatable bonds is 9. The van der Waals surface area contributed by atoms with Gasteiger partial charge in [0.15, 0.2) is 0 Å². The molecule has 2 atom stereocenters. The molecule has 0 aromatic heterocycles. The summed E-state index contributed by atoms with van der Waals surface area (Å²) in [6.45, 7) is 14.2. The van der Waals surface area contributed by atoms with Crippen LogP contribution in [0.4, 0.5) is 10.5 Å². The lowest BCUT2D eigenvalue weighted by Crippen LogP contribution is -2.46. The third kappa shape index (κ3) is 6.23. The second-order valence-corrected chi connectivity index (χ2v) is 7.86. The van der Waals surface area contributed by atoms with E-state index < -0.39 is 0 Å². The molecule has 0 spiro atoms. The van der Waals surface area contributed by atoms with Crippen molar-refractivity contribution in [2.75, 3.05) is 31.1 Å². The van der Waals surface area contributed by atoms with Gasteiger partial charge in [0, 0.05) is 24.7 Å². The van der Waals surface area contributed by atoms with Crippen molar-refractivity contribution >= 4 is 17.6 Å². The van der Waals surface area contributed by atoms with Gasteiger partial charge >= 0.3 is 6.03 Å². The molecule has 1 saturated heterocycles. The van der Waals surface area contributed by atoms with Crippen molar-refractivity contribution in [1.82, 2.24) is 15.5 Å². The summed E-state index contributed by atoms with van der Waals surface area (Å²) < 4.78 is 0. The standard InChI is InChI=1S/C22H36N4O2/c1-6-25(7-2)12-8-9-18(5)23-22(28)24-19-14-21(27)26(15-19)20-11-10-16(3)17(4)13-20/h10-11,13,18-19H,6-9,12,14-15H2,1-5H3,(H2,23,24,28). The predicted molar refractivity (Wildman–Crippen MR) is 115 cm³/mol. The van der Waals surface area contributed by atoms with Gasteiger partial charge in [-0.25, -0.2) is 4.79 Å². The molecule has 1 fully saturated rings. The fourth-order valence-corrected chi connectivity index (χ4v) is 3.63. The van der Waals surface area contributed by atoms with Crippen LogP contribution in [0.5, 0.6) is 0 Å². The van der Waals surface area contributed by atoms with Crippen LogP contribution in [0.3, 0.4) is 0 Å². The number of nitrogens with zero attached hydrogens (tertiary/aromatic N) is 2. The van der Waals surface area contributed by atoms with Crippen molar-refractivity contribution < 1.29 is 9.59 Å². The van der Waals surface area contributed by atoms with E-state index in [0.717, 1.165) is 43.7 Å². The lowest BCUT2D eigenvalue weighted by Gasteiger charge is -2.21. The van der Waals surface area contributed by atoms with Crippen LogP contribution in [0.25, 0.3) is 0 Å². The molecule has 2 N–H and O–H groups in total. The molecular weight excluding hydrogens is 352 g/mol. The van der Waals surface area contributed by atoms with E-state index >= 15 is 0 Å². The second kappa shape index (κ2) is 10.5. The maximum atomic E-state index is 12.4. The molecule has 1 aromatic rings. The van der Waals surface area contributed by atoms with Crippen LogP contribution in [0.1, 0.15) is 51.2 Å². The van der Waals surface area contributed by atoms with Crippen LogP contribution in [-0.4, -0.2) is 55.1 Å². The van der Waals surface area contributed by atoms with Gasteiger partial charge in [0.1, 0.15) is 0 Å². The zero-order valence-corrected chi connectivity index (χ0v) is 18.0. The highest BCUT2D eigenvalue weighted by molar-refractivity contribution is 5.96. The Hall–Kier alpha value is -2.08. The number of nitrogens with one attached hydrogen (secondary N) is 2. The van der Waals surface area contributed by atoms with Crippen molar-refractivity contribution in [3.05, 3.63) is 29.3 Å². The van der Waals surface area contributed by atoms with E-state index in [0.29, 0.717) is 13.0 Å². The molecule has 3 amide bonds. The highest BCUT2D eigenvalue weighted by atomic mass is 16.2. The number of carbonyl (C=O) groups excluding carboxylic acids is 2. The fraction of sp³-hybridized carbons (Fsp3) is 0.636. The summed E-state index contributed by atoms with van der Waals surface area (Å²) in [5.74, 6) is 0.0563. The molecule has 0 saturated carbocycles. The fourth-order valence-electron chi connectivity index (χ4n) is 3.63. The van der Waals surface area contributed by atoms with E-state index in [2.05, 4.69) is 36.3 Å². The van der Waals surface area contributed by atoms with Crippen molar-refractivity contribution in [2.24, 2.45) is 0 Å². The molecule has 0 bridgehead atoms. The predicted octanol–water partition coefficient (Wildman–Crippen LogP) is 3.22. The van der Waals surface area contributed by atoms with Gasteiger partial charge < -0.3 is 20.4 Å². The summed E-state index contributed by atoms with van der Waals surface area (Å²) in [6.07, 6.45) is 2.35. The molecule has 156 valence electrons. The normalized spacial score (nSPS) is 17.9. The third-order valence-electron chi connectivity index (χ3n) is 5.65. The molecule has 0 aliphatic carbocycles. The van der Waals surface area contributed by atoms with Crippen LogP contribution < -0.4 is 15.5 Å². The lowest BCUT2D eigenvalue weighted by molar-refractivity contribution is -0.117.